The fourth-order valence-electron chi connectivity index (χ4n) is 3.86. The Bertz CT molecular complexity index is 1110. The first-order valence-corrected chi connectivity index (χ1v) is 12.1. The van der Waals surface area contributed by atoms with Gasteiger partial charge in [0.1, 0.15) is 16.2 Å². The quantitative estimate of drug-likeness (QED) is 0.556. The first-order valence-electron chi connectivity index (χ1n) is 10.2. The summed E-state index contributed by atoms with van der Waals surface area (Å²) in [5.74, 6) is -0.555. The van der Waals surface area contributed by atoms with E-state index in [1.54, 1.807) is 24.3 Å². The van der Waals surface area contributed by atoms with Crippen LogP contribution in [0.25, 0.3) is 0 Å². The van der Waals surface area contributed by atoms with Gasteiger partial charge in [-0.05, 0) is 43.2 Å². The second kappa shape index (κ2) is 9.79. The Kier molecular flexibility index (Phi) is 7.30. The van der Waals surface area contributed by atoms with E-state index in [9.17, 15) is 18.0 Å². The highest BCUT2D eigenvalue weighted by Crippen LogP contribution is 2.33. The number of halogens is 1. The Hall–Kier alpha value is -2.78. The normalized spacial score (nSPS) is 15.5. The minimum atomic E-state index is -4.08. The number of hydrogen-bond donors (Lipinski definition) is 3. The third-order valence-electron chi connectivity index (χ3n) is 5.39. The molecule has 2 aromatic rings. The van der Waals surface area contributed by atoms with Crippen molar-refractivity contribution in [3.63, 3.8) is 0 Å². The van der Waals surface area contributed by atoms with Crippen LogP contribution in [0.4, 0.5) is 11.4 Å². The van der Waals surface area contributed by atoms with Crippen LogP contribution in [0.3, 0.4) is 0 Å². The van der Waals surface area contributed by atoms with Gasteiger partial charge in [0.05, 0.1) is 17.8 Å². The molecule has 0 unspecified atom stereocenters. The minimum Gasteiger partial charge on any atom is -0.495 e. The molecule has 1 aliphatic rings. The van der Waals surface area contributed by atoms with E-state index in [-0.39, 0.29) is 38.9 Å². The summed E-state index contributed by atoms with van der Waals surface area (Å²) in [6.45, 7) is 1.38. The van der Waals surface area contributed by atoms with Crippen molar-refractivity contribution in [1.29, 1.82) is 0 Å². The predicted molar refractivity (Wildman–Crippen MR) is 124 cm³/mol. The molecule has 2 aromatic carbocycles. The Morgan fingerprint density at radius 2 is 1.75 bits per heavy atom. The maximum Gasteiger partial charge on any atom is 0.265 e. The molecular weight excluding hydrogens is 454 g/mol. The molecule has 10 heteroatoms. The predicted octanol–water partition coefficient (Wildman–Crippen LogP) is 3.93. The summed E-state index contributed by atoms with van der Waals surface area (Å²) >= 11 is 6.08. The van der Waals surface area contributed by atoms with E-state index in [1.165, 1.54) is 32.2 Å². The van der Waals surface area contributed by atoms with Crippen LogP contribution in [0.1, 0.15) is 39.0 Å². The lowest BCUT2D eigenvalue weighted by Crippen LogP contribution is -2.57. The van der Waals surface area contributed by atoms with Crippen molar-refractivity contribution in [2.45, 2.75) is 49.5 Å². The summed E-state index contributed by atoms with van der Waals surface area (Å²) in [5.41, 5.74) is -0.526. The van der Waals surface area contributed by atoms with Gasteiger partial charge in [-0.3, -0.25) is 14.3 Å². The Labute approximate surface area is 192 Å². The van der Waals surface area contributed by atoms with Gasteiger partial charge in [0, 0.05) is 12.6 Å². The summed E-state index contributed by atoms with van der Waals surface area (Å²) in [6.07, 6.45) is 3.67. The lowest BCUT2D eigenvalue weighted by atomic mass is 9.80. The van der Waals surface area contributed by atoms with Gasteiger partial charge in [0.15, 0.2) is 0 Å². The van der Waals surface area contributed by atoms with Crippen molar-refractivity contribution in [3.05, 3.63) is 47.5 Å². The third kappa shape index (κ3) is 5.34. The number of para-hydroxylation sites is 1. The van der Waals surface area contributed by atoms with Crippen molar-refractivity contribution in [1.82, 2.24) is 5.32 Å². The van der Waals surface area contributed by atoms with Crippen LogP contribution in [-0.2, 0) is 19.6 Å². The van der Waals surface area contributed by atoms with Crippen molar-refractivity contribution >= 4 is 44.8 Å². The number of sulfonamides is 1. The highest BCUT2D eigenvalue weighted by Gasteiger charge is 2.40. The van der Waals surface area contributed by atoms with Gasteiger partial charge in [-0.2, -0.15) is 0 Å². The molecule has 8 nitrogen and oxygen atoms in total. The standard InChI is InChI=1S/C22H26ClN3O5S/c1-15(27)25-22(12-6-3-7-13-22)21(28)24-16-10-11-19(31-2)20(14-16)32(29,30)26-18-9-5-4-8-17(18)23/h4-5,8-11,14,26H,3,6-7,12-13H2,1-2H3,(H,24,28)(H,25,27). The number of rotatable bonds is 7. The molecule has 0 atom stereocenters. The Morgan fingerprint density at radius 1 is 1.06 bits per heavy atom. The van der Waals surface area contributed by atoms with Crippen LogP contribution < -0.4 is 20.1 Å². The minimum absolute atomic E-state index is 0.108. The zero-order chi connectivity index (χ0) is 23.4. The van der Waals surface area contributed by atoms with Crippen LogP contribution in [0.5, 0.6) is 5.75 Å². The van der Waals surface area contributed by atoms with Gasteiger partial charge >= 0.3 is 0 Å². The SMILES string of the molecule is COc1ccc(NC(=O)C2(NC(C)=O)CCCCC2)cc1S(=O)(=O)Nc1ccccc1Cl. The van der Waals surface area contributed by atoms with Crippen molar-refractivity contribution in [2.24, 2.45) is 0 Å². The van der Waals surface area contributed by atoms with E-state index >= 15 is 0 Å². The van der Waals surface area contributed by atoms with Crippen LogP contribution in [0.2, 0.25) is 5.02 Å². The molecule has 0 bridgehead atoms. The van der Waals surface area contributed by atoms with Crippen molar-refractivity contribution in [2.75, 3.05) is 17.1 Å². The topological polar surface area (TPSA) is 114 Å². The van der Waals surface area contributed by atoms with E-state index < -0.39 is 15.6 Å². The molecule has 3 rings (SSSR count). The number of anilines is 2. The lowest BCUT2D eigenvalue weighted by Gasteiger charge is -2.36. The summed E-state index contributed by atoms with van der Waals surface area (Å²) in [4.78, 5) is 24.7. The number of nitrogens with one attached hydrogen (secondary N) is 3. The van der Waals surface area contributed by atoms with Crippen molar-refractivity contribution in [3.8, 4) is 5.75 Å². The molecule has 0 aromatic heterocycles. The molecule has 0 saturated heterocycles. The van der Waals surface area contributed by atoms with Gasteiger partial charge in [0.2, 0.25) is 11.8 Å². The molecular formula is C22H26ClN3O5S. The second-order valence-corrected chi connectivity index (χ2v) is 9.79. The fraction of sp³-hybridized carbons (Fsp3) is 0.364. The average molecular weight is 480 g/mol. The van der Waals surface area contributed by atoms with Crippen LogP contribution in [0, 0.1) is 0 Å². The van der Waals surface area contributed by atoms with Crippen molar-refractivity contribution < 1.29 is 22.7 Å². The van der Waals surface area contributed by atoms with E-state index in [1.807, 2.05) is 0 Å². The zero-order valence-corrected chi connectivity index (χ0v) is 19.5. The Morgan fingerprint density at radius 3 is 2.38 bits per heavy atom. The molecule has 1 aliphatic carbocycles. The number of benzene rings is 2. The van der Waals surface area contributed by atoms with Crippen LogP contribution in [-0.4, -0.2) is 32.9 Å². The van der Waals surface area contributed by atoms with Gasteiger partial charge in [0.25, 0.3) is 10.0 Å². The van der Waals surface area contributed by atoms with E-state index in [0.29, 0.717) is 12.8 Å². The van der Waals surface area contributed by atoms with Crippen LogP contribution in [0.15, 0.2) is 47.4 Å². The summed E-state index contributed by atoms with van der Waals surface area (Å²) in [5, 5.41) is 5.81. The largest absolute Gasteiger partial charge is 0.495 e. The molecule has 1 saturated carbocycles. The number of carbonyl (C=O) groups excluding carboxylic acids is 2. The van der Waals surface area contributed by atoms with E-state index in [0.717, 1.165) is 19.3 Å². The summed E-state index contributed by atoms with van der Waals surface area (Å²) < 4.78 is 33.8. The maximum atomic E-state index is 13.1. The van der Waals surface area contributed by atoms with Gasteiger partial charge in [-0.15, -0.1) is 0 Å². The van der Waals surface area contributed by atoms with E-state index in [4.69, 9.17) is 16.3 Å². The molecule has 3 N–H and O–H groups in total. The fourth-order valence-corrected chi connectivity index (χ4v) is 5.37. The monoisotopic (exact) mass is 479 g/mol. The highest BCUT2D eigenvalue weighted by atomic mass is 35.5. The summed E-state index contributed by atoms with van der Waals surface area (Å²) in [7, 11) is -2.72. The highest BCUT2D eigenvalue weighted by molar-refractivity contribution is 7.92. The molecule has 1 fully saturated rings. The Balaban J connectivity index is 1.91. The molecule has 0 spiro atoms. The maximum absolute atomic E-state index is 13.1. The first kappa shape index (κ1) is 23.9. The van der Waals surface area contributed by atoms with Crippen LogP contribution >= 0.6 is 11.6 Å². The molecule has 172 valence electrons. The van der Waals surface area contributed by atoms with Gasteiger partial charge < -0.3 is 15.4 Å². The molecule has 0 heterocycles. The summed E-state index contributed by atoms with van der Waals surface area (Å²) in [6, 6.07) is 10.8. The van der Waals surface area contributed by atoms with Gasteiger partial charge in [-0.1, -0.05) is 43.0 Å². The smallest absolute Gasteiger partial charge is 0.265 e. The molecule has 0 aliphatic heterocycles. The molecule has 32 heavy (non-hydrogen) atoms. The number of methoxy groups -OCH3 is 1. The molecule has 0 radical (unpaired) electrons. The first-order chi connectivity index (χ1) is 15.2. The number of hydrogen-bond acceptors (Lipinski definition) is 5. The second-order valence-electron chi connectivity index (χ2n) is 7.73. The van der Waals surface area contributed by atoms with E-state index in [2.05, 4.69) is 15.4 Å². The zero-order valence-electron chi connectivity index (χ0n) is 17.9. The average Bonchev–Trinajstić information content (AvgIpc) is 2.75. The van der Waals surface area contributed by atoms with Gasteiger partial charge in [-0.25, -0.2) is 8.42 Å². The third-order valence-corrected chi connectivity index (χ3v) is 7.10. The number of amides is 2. The number of carbonyl (C=O) groups is 2. The molecule has 2 amide bonds. The number of ether oxygens (including phenoxy) is 1. The lowest BCUT2D eigenvalue weighted by molar-refractivity contribution is -0.130.